The molecule has 5 rings (SSSR count). The quantitative estimate of drug-likeness (QED) is 0.596. The molecule has 3 aromatic heterocycles. The van der Waals surface area contributed by atoms with E-state index in [2.05, 4.69) is 62.6 Å². The van der Waals surface area contributed by atoms with Gasteiger partial charge in [-0.05, 0) is 29.8 Å². The molecule has 28 heavy (non-hydrogen) atoms. The van der Waals surface area contributed by atoms with Crippen molar-refractivity contribution in [1.29, 1.82) is 0 Å². The van der Waals surface area contributed by atoms with E-state index in [-0.39, 0.29) is 0 Å². The van der Waals surface area contributed by atoms with Gasteiger partial charge in [-0.1, -0.05) is 30.3 Å². The number of fused-ring (bicyclic) bond motifs is 1. The molecule has 0 aliphatic carbocycles. The summed E-state index contributed by atoms with van der Waals surface area (Å²) in [6, 6.07) is 19.1. The molecule has 4 heterocycles. The zero-order valence-corrected chi connectivity index (χ0v) is 15.5. The third-order valence-electron chi connectivity index (χ3n) is 5.26. The van der Waals surface area contributed by atoms with Crippen LogP contribution in [0.5, 0.6) is 0 Å². The molecule has 0 amide bonds. The standard InChI is InChI=1S/C23H21N5/c1-2-4-17(5-3-1)22-16-28(13-12-26-22)23-20-8-11-25-15-19(20)14-21(27-23)18-6-9-24-10-7-18/h1-11,14-15,22,26H,12-13,16H2. The average molecular weight is 367 g/mol. The fourth-order valence-corrected chi connectivity index (χ4v) is 3.84. The molecule has 1 aliphatic rings. The second-order valence-electron chi connectivity index (χ2n) is 7.03. The van der Waals surface area contributed by atoms with Crippen LogP contribution in [0.1, 0.15) is 11.6 Å². The summed E-state index contributed by atoms with van der Waals surface area (Å²) in [7, 11) is 0. The lowest BCUT2D eigenvalue weighted by molar-refractivity contribution is 0.470. The predicted octanol–water partition coefficient (Wildman–Crippen LogP) is 3.84. The second kappa shape index (κ2) is 7.37. The molecule has 5 nitrogen and oxygen atoms in total. The fraction of sp³-hybridized carbons (Fsp3) is 0.174. The highest BCUT2D eigenvalue weighted by Crippen LogP contribution is 2.31. The number of pyridine rings is 3. The molecule has 1 N–H and O–H groups in total. The van der Waals surface area contributed by atoms with Crippen molar-refractivity contribution in [2.75, 3.05) is 24.5 Å². The SMILES string of the molecule is c1ccc(C2CN(c3nc(-c4ccncc4)cc4cnccc34)CCN2)cc1. The fourth-order valence-electron chi connectivity index (χ4n) is 3.84. The van der Waals surface area contributed by atoms with Crippen LogP contribution in [0.15, 0.2) is 79.4 Å². The van der Waals surface area contributed by atoms with Gasteiger partial charge in [0.2, 0.25) is 0 Å². The Hall–Kier alpha value is -3.31. The number of hydrogen-bond acceptors (Lipinski definition) is 5. The molecule has 1 saturated heterocycles. The van der Waals surface area contributed by atoms with Crippen molar-refractivity contribution in [2.24, 2.45) is 0 Å². The van der Waals surface area contributed by atoms with Crippen LogP contribution in [-0.2, 0) is 0 Å². The summed E-state index contributed by atoms with van der Waals surface area (Å²) in [5, 5.41) is 5.89. The molecule has 138 valence electrons. The number of aromatic nitrogens is 3. The highest BCUT2D eigenvalue weighted by atomic mass is 15.2. The molecule has 0 radical (unpaired) electrons. The maximum atomic E-state index is 5.07. The lowest BCUT2D eigenvalue weighted by Crippen LogP contribution is -2.46. The van der Waals surface area contributed by atoms with Crippen molar-refractivity contribution in [3.8, 4) is 11.3 Å². The summed E-state index contributed by atoms with van der Waals surface area (Å²) in [6.45, 7) is 2.73. The number of nitrogens with one attached hydrogen (secondary N) is 1. The Balaban J connectivity index is 1.57. The van der Waals surface area contributed by atoms with Gasteiger partial charge < -0.3 is 10.2 Å². The highest BCUT2D eigenvalue weighted by molar-refractivity contribution is 5.94. The number of nitrogens with zero attached hydrogens (tertiary/aromatic N) is 4. The first-order chi connectivity index (χ1) is 13.9. The van der Waals surface area contributed by atoms with Gasteiger partial charge >= 0.3 is 0 Å². The van der Waals surface area contributed by atoms with Crippen LogP contribution >= 0.6 is 0 Å². The third kappa shape index (κ3) is 3.21. The van der Waals surface area contributed by atoms with Crippen LogP contribution in [0, 0.1) is 0 Å². The van der Waals surface area contributed by atoms with E-state index >= 15 is 0 Å². The van der Waals surface area contributed by atoms with E-state index in [9.17, 15) is 0 Å². The number of piperazine rings is 1. The first-order valence-corrected chi connectivity index (χ1v) is 9.57. The molecular formula is C23H21N5. The molecule has 1 aromatic carbocycles. The van der Waals surface area contributed by atoms with E-state index in [1.807, 2.05) is 24.5 Å². The number of anilines is 1. The monoisotopic (exact) mass is 367 g/mol. The van der Waals surface area contributed by atoms with Gasteiger partial charge in [0, 0.05) is 66.8 Å². The predicted molar refractivity (Wildman–Crippen MR) is 112 cm³/mol. The number of benzene rings is 1. The van der Waals surface area contributed by atoms with Crippen LogP contribution in [0.2, 0.25) is 0 Å². The summed E-state index contributed by atoms with van der Waals surface area (Å²) >= 11 is 0. The van der Waals surface area contributed by atoms with Gasteiger partial charge in [-0.3, -0.25) is 9.97 Å². The Morgan fingerprint density at radius 2 is 1.75 bits per heavy atom. The molecular weight excluding hydrogens is 346 g/mol. The zero-order valence-electron chi connectivity index (χ0n) is 15.5. The molecule has 5 heteroatoms. The summed E-state index contributed by atoms with van der Waals surface area (Å²) in [4.78, 5) is 15.9. The van der Waals surface area contributed by atoms with E-state index in [1.165, 1.54) is 5.56 Å². The second-order valence-corrected chi connectivity index (χ2v) is 7.03. The summed E-state index contributed by atoms with van der Waals surface area (Å²) in [5.41, 5.74) is 3.33. The summed E-state index contributed by atoms with van der Waals surface area (Å²) in [5.74, 6) is 1.02. The molecule has 0 bridgehead atoms. The minimum atomic E-state index is 0.290. The van der Waals surface area contributed by atoms with Gasteiger partial charge in [0.05, 0.1) is 5.69 Å². The third-order valence-corrected chi connectivity index (χ3v) is 5.26. The molecule has 1 fully saturated rings. The van der Waals surface area contributed by atoms with Gasteiger partial charge in [0.15, 0.2) is 0 Å². The molecule has 0 spiro atoms. The largest absolute Gasteiger partial charge is 0.353 e. The zero-order chi connectivity index (χ0) is 18.8. The van der Waals surface area contributed by atoms with Crippen molar-refractivity contribution in [2.45, 2.75) is 6.04 Å². The minimum absolute atomic E-state index is 0.290. The Morgan fingerprint density at radius 3 is 2.61 bits per heavy atom. The lowest BCUT2D eigenvalue weighted by atomic mass is 10.0. The highest BCUT2D eigenvalue weighted by Gasteiger charge is 2.23. The Bertz CT molecular complexity index is 1080. The van der Waals surface area contributed by atoms with E-state index in [4.69, 9.17) is 4.98 Å². The molecule has 0 saturated carbocycles. The van der Waals surface area contributed by atoms with Crippen LogP contribution in [0.25, 0.3) is 22.0 Å². The van der Waals surface area contributed by atoms with Gasteiger partial charge in [0.25, 0.3) is 0 Å². The minimum Gasteiger partial charge on any atom is -0.353 e. The number of rotatable bonds is 3. The van der Waals surface area contributed by atoms with Crippen LogP contribution < -0.4 is 10.2 Å². The van der Waals surface area contributed by atoms with E-state index < -0.39 is 0 Å². The molecule has 1 atom stereocenters. The average Bonchev–Trinajstić information content (AvgIpc) is 2.79. The maximum Gasteiger partial charge on any atom is 0.137 e. The summed E-state index contributed by atoms with van der Waals surface area (Å²) in [6.07, 6.45) is 7.37. The van der Waals surface area contributed by atoms with Gasteiger partial charge in [-0.2, -0.15) is 0 Å². The van der Waals surface area contributed by atoms with Crippen molar-refractivity contribution >= 4 is 16.6 Å². The summed E-state index contributed by atoms with van der Waals surface area (Å²) < 4.78 is 0. The van der Waals surface area contributed by atoms with E-state index in [0.29, 0.717) is 6.04 Å². The van der Waals surface area contributed by atoms with Crippen molar-refractivity contribution < 1.29 is 0 Å². The normalized spacial score (nSPS) is 17.0. The van der Waals surface area contributed by atoms with Crippen LogP contribution in [0.3, 0.4) is 0 Å². The topological polar surface area (TPSA) is 53.9 Å². The van der Waals surface area contributed by atoms with Crippen LogP contribution in [0.4, 0.5) is 5.82 Å². The van der Waals surface area contributed by atoms with Crippen molar-refractivity contribution in [3.05, 3.63) is 84.9 Å². The molecule has 1 unspecified atom stereocenters. The molecule has 1 aliphatic heterocycles. The van der Waals surface area contributed by atoms with Crippen molar-refractivity contribution in [3.63, 3.8) is 0 Å². The van der Waals surface area contributed by atoms with Gasteiger partial charge in [-0.25, -0.2) is 4.98 Å². The van der Waals surface area contributed by atoms with Gasteiger partial charge in [-0.15, -0.1) is 0 Å². The van der Waals surface area contributed by atoms with Crippen LogP contribution in [-0.4, -0.2) is 34.6 Å². The first kappa shape index (κ1) is 16.8. The Labute approximate surface area is 164 Å². The number of hydrogen-bond donors (Lipinski definition) is 1. The van der Waals surface area contributed by atoms with E-state index in [1.54, 1.807) is 12.4 Å². The first-order valence-electron chi connectivity index (χ1n) is 9.57. The Morgan fingerprint density at radius 1 is 0.929 bits per heavy atom. The van der Waals surface area contributed by atoms with Crippen molar-refractivity contribution in [1.82, 2.24) is 20.3 Å². The lowest BCUT2D eigenvalue weighted by Gasteiger charge is -2.35. The maximum absolute atomic E-state index is 5.07. The van der Waals surface area contributed by atoms with E-state index in [0.717, 1.165) is 47.5 Å². The Kier molecular flexibility index (Phi) is 4.43. The smallest absolute Gasteiger partial charge is 0.137 e. The van der Waals surface area contributed by atoms with Gasteiger partial charge in [0.1, 0.15) is 5.82 Å². The molecule has 4 aromatic rings.